The highest BCUT2D eigenvalue weighted by Gasteiger charge is 2.16. The number of hydrogen-bond donors (Lipinski definition) is 2. The number of thioether (sulfide) groups is 1. The summed E-state index contributed by atoms with van der Waals surface area (Å²) < 4.78 is 0. The van der Waals surface area contributed by atoms with E-state index in [-0.39, 0.29) is 5.25 Å². The molecule has 1 atom stereocenters. The average molecular weight is 253 g/mol. The summed E-state index contributed by atoms with van der Waals surface area (Å²) in [5, 5.41) is 11.9. The SMILES string of the molecule is CCNCc1cccc(SC(CC)C(=O)O)c1. The molecular weight excluding hydrogens is 234 g/mol. The summed E-state index contributed by atoms with van der Waals surface area (Å²) in [6.45, 7) is 5.73. The Balaban J connectivity index is 2.67. The summed E-state index contributed by atoms with van der Waals surface area (Å²) in [5.74, 6) is -0.741. The fourth-order valence-corrected chi connectivity index (χ4v) is 2.44. The Labute approximate surface area is 107 Å². The lowest BCUT2D eigenvalue weighted by Crippen LogP contribution is -2.15. The summed E-state index contributed by atoms with van der Waals surface area (Å²) in [5.41, 5.74) is 1.19. The second-order valence-electron chi connectivity index (χ2n) is 3.78. The molecule has 3 nitrogen and oxygen atoms in total. The topological polar surface area (TPSA) is 49.3 Å². The molecular formula is C13H19NO2S. The number of nitrogens with one attached hydrogen (secondary N) is 1. The summed E-state index contributed by atoms with van der Waals surface area (Å²) >= 11 is 1.42. The molecule has 0 saturated carbocycles. The first-order valence-electron chi connectivity index (χ1n) is 5.86. The summed E-state index contributed by atoms with van der Waals surface area (Å²) in [4.78, 5) is 12.0. The standard InChI is InChI=1S/C13H19NO2S/c1-3-12(13(15)16)17-11-7-5-6-10(8-11)9-14-4-2/h5-8,12,14H,3-4,9H2,1-2H3,(H,15,16). The van der Waals surface area contributed by atoms with E-state index in [0.717, 1.165) is 18.0 Å². The van der Waals surface area contributed by atoms with Gasteiger partial charge in [-0.1, -0.05) is 26.0 Å². The highest BCUT2D eigenvalue weighted by atomic mass is 32.2. The molecule has 17 heavy (non-hydrogen) atoms. The molecule has 4 heteroatoms. The highest BCUT2D eigenvalue weighted by Crippen LogP contribution is 2.26. The minimum Gasteiger partial charge on any atom is -0.480 e. The zero-order valence-electron chi connectivity index (χ0n) is 10.3. The van der Waals surface area contributed by atoms with Crippen molar-refractivity contribution in [1.82, 2.24) is 5.32 Å². The average Bonchev–Trinajstić information content (AvgIpc) is 2.33. The van der Waals surface area contributed by atoms with Crippen LogP contribution < -0.4 is 5.32 Å². The first-order chi connectivity index (χ1) is 8.17. The van der Waals surface area contributed by atoms with E-state index in [1.165, 1.54) is 17.3 Å². The van der Waals surface area contributed by atoms with E-state index >= 15 is 0 Å². The van der Waals surface area contributed by atoms with Crippen LogP contribution in [-0.2, 0) is 11.3 Å². The third-order valence-electron chi connectivity index (χ3n) is 2.40. The smallest absolute Gasteiger partial charge is 0.316 e. The van der Waals surface area contributed by atoms with Gasteiger partial charge in [0.05, 0.1) is 0 Å². The van der Waals surface area contributed by atoms with Crippen molar-refractivity contribution < 1.29 is 9.90 Å². The van der Waals surface area contributed by atoms with Crippen molar-refractivity contribution in [2.45, 2.75) is 37.0 Å². The van der Waals surface area contributed by atoms with Crippen molar-refractivity contribution >= 4 is 17.7 Å². The van der Waals surface area contributed by atoms with Crippen LogP contribution in [0.15, 0.2) is 29.2 Å². The molecule has 94 valence electrons. The van der Waals surface area contributed by atoms with Crippen LogP contribution in [0.1, 0.15) is 25.8 Å². The molecule has 0 aliphatic carbocycles. The predicted molar refractivity (Wildman–Crippen MR) is 71.4 cm³/mol. The van der Waals surface area contributed by atoms with Crippen LogP contribution in [0, 0.1) is 0 Å². The molecule has 0 bridgehead atoms. The zero-order chi connectivity index (χ0) is 12.7. The van der Waals surface area contributed by atoms with Gasteiger partial charge in [0.25, 0.3) is 0 Å². The maximum absolute atomic E-state index is 11.0. The highest BCUT2D eigenvalue weighted by molar-refractivity contribution is 8.00. The van der Waals surface area contributed by atoms with Gasteiger partial charge in [0.15, 0.2) is 0 Å². The third kappa shape index (κ3) is 4.79. The first kappa shape index (κ1) is 14.1. The maximum Gasteiger partial charge on any atom is 0.316 e. The number of rotatable bonds is 7. The molecule has 1 aromatic rings. The molecule has 0 aliphatic heterocycles. The quantitative estimate of drug-likeness (QED) is 0.734. The second-order valence-corrected chi connectivity index (χ2v) is 5.06. The van der Waals surface area contributed by atoms with Crippen LogP contribution in [0.5, 0.6) is 0 Å². The number of hydrogen-bond acceptors (Lipinski definition) is 3. The molecule has 0 amide bonds. The van der Waals surface area contributed by atoms with E-state index in [1.54, 1.807) is 0 Å². The van der Waals surface area contributed by atoms with Crippen LogP contribution in [0.25, 0.3) is 0 Å². The fourth-order valence-electron chi connectivity index (χ4n) is 1.47. The number of carboxylic acids is 1. The number of aliphatic carboxylic acids is 1. The second kappa shape index (κ2) is 7.35. The molecule has 0 aromatic heterocycles. The Morgan fingerprint density at radius 1 is 1.47 bits per heavy atom. The van der Waals surface area contributed by atoms with Gasteiger partial charge in [-0.2, -0.15) is 0 Å². The maximum atomic E-state index is 11.0. The molecule has 1 unspecified atom stereocenters. The Morgan fingerprint density at radius 2 is 2.24 bits per heavy atom. The molecule has 1 rings (SSSR count). The van der Waals surface area contributed by atoms with Crippen LogP contribution in [-0.4, -0.2) is 22.9 Å². The third-order valence-corrected chi connectivity index (χ3v) is 3.75. The van der Waals surface area contributed by atoms with Gasteiger partial charge in [0, 0.05) is 11.4 Å². The monoisotopic (exact) mass is 253 g/mol. The molecule has 0 saturated heterocycles. The summed E-state index contributed by atoms with van der Waals surface area (Å²) in [6, 6.07) is 8.04. The number of benzene rings is 1. The van der Waals surface area contributed by atoms with E-state index in [1.807, 2.05) is 19.1 Å². The minimum absolute atomic E-state index is 0.357. The lowest BCUT2D eigenvalue weighted by Gasteiger charge is -2.10. The van der Waals surface area contributed by atoms with Gasteiger partial charge in [-0.05, 0) is 30.7 Å². The number of carboxylic acid groups (broad SMARTS) is 1. The van der Waals surface area contributed by atoms with Gasteiger partial charge in [-0.25, -0.2) is 0 Å². The predicted octanol–water partition coefficient (Wildman–Crippen LogP) is 2.75. The molecule has 2 N–H and O–H groups in total. The van der Waals surface area contributed by atoms with Crippen LogP contribution in [0.4, 0.5) is 0 Å². The van der Waals surface area contributed by atoms with E-state index in [9.17, 15) is 4.79 Å². The van der Waals surface area contributed by atoms with Crippen molar-refractivity contribution in [2.75, 3.05) is 6.54 Å². The summed E-state index contributed by atoms with van der Waals surface area (Å²) in [7, 11) is 0. The van der Waals surface area contributed by atoms with Crippen molar-refractivity contribution in [2.24, 2.45) is 0 Å². The van der Waals surface area contributed by atoms with E-state index in [2.05, 4.69) is 24.4 Å². The van der Waals surface area contributed by atoms with Gasteiger partial charge in [0.1, 0.15) is 5.25 Å². The van der Waals surface area contributed by atoms with E-state index in [4.69, 9.17) is 5.11 Å². The Hall–Kier alpha value is -1.00. The molecule has 0 radical (unpaired) electrons. The minimum atomic E-state index is -0.741. The van der Waals surface area contributed by atoms with Crippen LogP contribution in [0.2, 0.25) is 0 Å². The summed E-state index contributed by atoms with van der Waals surface area (Å²) in [6.07, 6.45) is 0.636. The normalized spacial score (nSPS) is 12.4. The van der Waals surface area contributed by atoms with E-state index in [0.29, 0.717) is 6.42 Å². The molecule has 0 spiro atoms. The van der Waals surface area contributed by atoms with Gasteiger partial charge >= 0.3 is 5.97 Å². The molecule has 0 heterocycles. The molecule has 1 aromatic carbocycles. The zero-order valence-corrected chi connectivity index (χ0v) is 11.1. The molecule has 0 fully saturated rings. The Bertz CT molecular complexity index is 368. The van der Waals surface area contributed by atoms with Crippen molar-refractivity contribution in [1.29, 1.82) is 0 Å². The largest absolute Gasteiger partial charge is 0.480 e. The van der Waals surface area contributed by atoms with Gasteiger partial charge in [-0.3, -0.25) is 4.79 Å². The van der Waals surface area contributed by atoms with Crippen molar-refractivity contribution in [3.63, 3.8) is 0 Å². The van der Waals surface area contributed by atoms with Gasteiger partial charge < -0.3 is 10.4 Å². The van der Waals surface area contributed by atoms with Gasteiger partial charge in [0.2, 0.25) is 0 Å². The lowest BCUT2D eigenvalue weighted by molar-refractivity contribution is -0.136. The lowest BCUT2D eigenvalue weighted by atomic mass is 10.2. The van der Waals surface area contributed by atoms with Crippen molar-refractivity contribution in [3.05, 3.63) is 29.8 Å². The fraction of sp³-hybridized carbons (Fsp3) is 0.462. The van der Waals surface area contributed by atoms with Crippen molar-refractivity contribution in [3.8, 4) is 0 Å². The van der Waals surface area contributed by atoms with E-state index < -0.39 is 5.97 Å². The first-order valence-corrected chi connectivity index (χ1v) is 6.74. The Kier molecular flexibility index (Phi) is 6.08. The number of carbonyl (C=O) groups is 1. The van der Waals surface area contributed by atoms with Crippen LogP contribution >= 0.6 is 11.8 Å². The van der Waals surface area contributed by atoms with Crippen LogP contribution in [0.3, 0.4) is 0 Å². The Morgan fingerprint density at radius 3 is 2.82 bits per heavy atom. The van der Waals surface area contributed by atoms with Gasteiger partial charge in [-0.15, -0.1) is 11.8 Å². The molecule has 0 aliphatic rings.